The number of carboxylic acids is 1. The number of carboxylic acid groups (broad SMARTS) is 1. The zero-order valence-electron chi connectivity index (χ0n) is 16.1. The van der Waals surface area contributed by atoms with E-state index in [1.165, 1.54) is 22.6 Å². The van der Waals surface area contributed by atoms with E-state index in [0.717, 1.165) is 0 Å². The van der Waals surface area contributed by atoms with Crippen LogP contribution < -0.4 is 16.6 Å². The number of ether oxygens (including phenoxy) is 1. The SMILES string of the molecule is Cc1cn([C@@H]2C[C@@H](C(=O)NCC(=O)O)N(C(=O)OC(C)(C)C)C2)c(=O)[nH]c1=O. The molecule has 11 nitrogen and oxygen atoms in total. The van der Waals surface area contributed by atoms with Crippen LogP contribution in [-0.2, 0) is 14.3 Å². The molecule has 0 radical (unpaired) electrons. The maximum absolute atomic E-state index is 12.6. The molecule has 3 N–H and O–H groups in total. The molecule has 1 aliphatic rings. The normalized spacial score (nSPS) is 19.4. The quantitative estimate of drug-likeness (QED) is 0.626. The number of aryl methyl sites for hydroxylation is 1. The predicted octanol–water partition coefficient (Wildman–Crippen LogP) is -0.404. The fourth-order valence-corrected chi connectivity index (χ4v) is 2.92. The summed E-state index contributed by atoms with van der Waals surface area (Å²) in [5, 5.41) is 11.0. The zero-order valence-corrected chi connectivity index (χ0v) is 16.1. The number of amides is 2. The van der Waals surface area contributed by atoms with Gasteiger partial charge < -0.3 is 15.2 Å². The number of nitrogens with zero attached hydrogens (tertiary/aromatic N) is 2. The first kappa shape index (κ1) is 21.2. The topological polar surface area (TPSA) is 151 Å². The number of nitrogens with one attached hydrogen (secondary N) is 2. The number of carbonyl (C=O) groups excluding carboxylic acids is 2. The third kappa shape index (κ3) is 4.99. The number of likely N-dealkylation sites (tertiary alicyclic amines) is 1. The summed E-state index contributed by atoms with van der Waals surface area (Å²) in [6, 6.07) is -1.60. The van der Waals surface area contributed by atoms with E-state index in [9.17, 15) is 24.0 Å². The zero-order chi connectivity index (χ0) is 21.2. The number of hydrogen-bond donors (Lipinski definition) is 3. The molecule has 1 saturated heterocycles. The molecule has 1 aromatic heterocycles. The lowest BCUT2D eigenvalue weighted by molar-refractivity contribution is -0.138. The van der Waals surface area contributed by atoms with E-state index in [0.29, 0.717) is 5.56 Å². The van der Waals surface area contributed by atoms with Crippen LogP contribution in [0.4, 0.5) is 4.79 Å². The molecule has 1 aromatic rings. The Morgan fingerprint density at radius 3 is 2.54 bits per heavy atom. The van der Waals surface area contributed by atoms with Crippen molar-refractivity contribution in [2.75, 3.05) is 13.1 Å². The molecule has 2 heterocycles. The Labute approximate surface area is 160 Å². The third-order valence-corrected chi connectivity index (χ3v) is 4.16. The minimum Gasteiger partial charge on any atom is -0.480 e. The molecule has 1 aliphatic heterocycles. The number of aromatic nitrogens is 2. The fourth-order valence-electron chi connectivity index (χ4n) is 2.92. The second-order valence-corrected chi connectivity index (χ2v) is 7.63. The summed E-state index contributed by atoms with van der Waals surface area (Å²) in [5.74, 6) is -1.89. The van der Waals surface area contributed by atoms with Crippen molar-refractivity contribution < 1.29 is 24.2 Å². The molecule has 0 aromatic carbocycles. The van der Waals surface area contributed by atoms with Gasteiger partial charge in [-0.3, -0.25) is 28.8 Å². The summed E-state index contributed by atoms with van der Waals surface area (Å²) in [6.45, 7) is 5.95. The van der Waals surface area contributed by atoms with Gasteiger partial charge in [0.2, 0.25) is 5.91 Å². The van der Waals surface area contributed by atoms with Crippen molar-refractivity contribution in [3.8, 4) is 0 Å². The minimum atomic E-state index is -1.22. The number of aromatic amines is 1. The molecule has 154 valence electrons. The molecule has 0 spiro atoms. The lowest BCUT2D eigenvalue weighted by Crippen LogP contribution is -2.48. The molecule has 28 heavy (non-hydrogen) atoms. The van der Waals surface area contributed by atoms with Crippen LogP contribution in [-0.4, -0.2) is 62.3 Å². The smallest absolute Gasteiger partial charge is 0.411 e. The molecule has 0 unspecified atom stereocenters. The van der Waals surface area contributed by atoms with Crippen LogP contribution in [0.15, 0.2) is 15.8 Å². The Morgan fingerprint density at radius 1 is 1.32 bits per heavy atom. The van der Waals surface area contributed by atoms with E-state index in [1.54, 1.807) is 20.8 Å². The van der Waals surface area contributed by atoms with Gasteiger partial charge in [0.15, 0.2) is 0 Å². The summed E-state index contributed by atoms with van der Waals surface area (Å²) in [7, 11) is 0. The largest absolute Gasteiger partial charge is 0.480 e. The Morgan fingerprint density at radius 2 is 1.96 bits per heavy atom. The molecular formula is C17H24N4O7. The lowest BCUT2D eigenvalue weighted by atomic mass is 10.1. The van der Waals surface area contributed by atoms with Gasteiger partial charge in [0, 0.05) is 18.3 Å². The number of hydrogen-bond acceptors (Lipinski definition) is 6. The lowest BCUT2D eigenvalue weighted by Gasteiger charge is -2.27. The summed E-state index contributed by atoms with van der Waals surface area (Å²) in [4.78, 5) is 62.8. The number of carbonyl (C=O) groups is 3. The number of H-pyrrole nitrogens is 1. The summed E-state index contributed by atoms with van der Waals surface area (Å²) >= 11 is 0. The molecule has 0 aliphatic carbocycles. The van der Waals surface area contributed by atoms with Crippen molar-refractivity contribution in [3.63, 3.8) is 0 Å². The standard InChI is InChI=1S/C17H24N4O7/c1-9-7-20(15(26)19-13(9)24)10-5-11(14(25)18-6-12(22)23)21(8-10)16(27)28-17(2,3)4/h7,10-11H,5-6,8H2,1-4H3,(H,18,25)(H,22,23)(H,19,24,26)/t10-,11+/m1/s1. The second-order valence-electron chi connectivity index (χ2n) is 7.63. The van der Waals surface area contributed by atoms with E-state index in [4.69, 9.17) is 9.84 Å². The molecule has 11 heteroatoms. The van der Waals surface area contributed by atoms with Crippen LogP contribution in [0.2, 0.25) is 0 Å². The van der Waals surface area contributed by atoms with Crippen molar-refractivity contribution in [1.82, 2.24) is 19.8 Å². The van der Waals surface area contributed by atoms with Gasteiger partial charge in [-0.15, -0.1) is 0 Å². The van der Waals surface area contributed by atoms with Crippen molar-refractivity contribution in [3.05, 3.63) is 32.6 Å². The van der Waals surface area contributed by atoms with Gasteiger partial charge in [-0.25, -0.2) is 9.59 Å². The van der Waals surface area contributed by atoms with E-state index in [-0.39, 0.29) is 13.0 Å². The Bertz CT molecular complexity index is 896. The van der Waals surface area contributed by atoms with Crippen LogP contribution in [0.5, 0.6) is 0 Å². The van der Waals surface area contributed by atoms with Crippen molar-refractivity contribution in [1.29, 1.82) is 0 Å². The molecule has 2 amide bonds. The van der Waals surface area contributed by atoms with Gasteiger partial charge >= 0.3 is 17.8 Å². The molecular weight excluding hydrogens is 372 g/mol. The summed E-state index contributed by atoms with van der Waals surface area (Å²) < 4.78 is 6.59. The minimum absolute atomic E-state index is 0.00847. The van der Waals surface area contributed by atoms with Gasteiger partial charge in [0.1, 0.15) is 18.2 Å². The maximum Gasteiger partial charge on any atom is 0.411 e. The fraction of sp³-hybridized carbons (Fsp3) is 0.588. The van der Waals surface area contributed by atoms with Crippen molar-refractivity contribution in [2.24, 2.45) is 0 Å². The highest BCUT2D eigenvalue weighted by Crippen LogP contribution is 2.28. The van der Waals surface area contributed by atoms with Crippen LogP contribution >= 0.6 is 0 Å². The first-order valence-electron chi connectivity index (χ1n) is 8.70. The molecule has 1 fully saturated rings. The second kappa shape index (κ2) is 7.87. The Balaban J connectivity index is 2.32. The van der Waals surface area contributed by atoms with Crippen LogP contribution in [0.1, 0.15) is 38.8 Å². The van der Waals surface area contributed by atoms with E-state index < -0.39 is 53.4 Å². The maximum atomic E-state index is 12.6. The Hall–Kier alpha value is -3.11. The third-order valence-electron chi connectivity index (χ3n) is 4.16. The predicted molar refractivity (Wildman–Crippen MR) is 97.1 cm³/mol. The highest BCUT2D eigenvalue weighted by Gasteiger charge is 2.42. The average Bonchev–Trinajstić information content (AvgIpc) is 2.99. The van der Waals surface area contributed by atoms with Gasteiger partial charge in [-0.2, -0.15) is 0 Å². The van der Waals surface area contributed by atoms with Crippen molar-refractivity contribution in [2.45, 2.75) is 51.8 Å². The van der Waals surface area contributed by atoms with E-state index >= 15 is 0 Å². The average molecular weight is 396 g/mol. The summed E-state index contributed by atoms with van der Waals surface area (Å²) in [5.41, 5.74) is -1.67. The van der Waals surface area contributed by atoms with Crippen LogP contribution in [0.3, 0.4) is 0 Å². The first-order valence-corrected chi connectivity index (χ1v) is 8.70. The van der Waals surface area contributed by atoms with Gasteiger partial charge in [0.25, 0.3) is 5.56 Å². The summed E-state index contributed by atoms with van der Waals surface area (Å²) in [6.07, 6.45) is 0.687. The number of aliphatic carboxylic acids is 1. The Kier molecular flexibility index (Phi) is 5.95. The van der Waals surface area contributed by atoms with E-state index in [1.807, 2.05) is 0 Å². The van der Waals surface area contributed by atoms with E-state index in [2.05, 4.69) is 10.3 Å². The number of rotatable bonds is 4. The van der Waals surface area contributed by atoms with Gasteiger partial charge in [0.05, 0.1) is 6.04 Å². The molecule has 0 saturated carbocycles. The van der Waals surface area contributed by atoms with Crippen LogP contribution in [0, 0.1) is 6.92 Å². The van der Waals surface area contributed by atoms with Crippen molar-refractivity contribution >= 4 is 18.0 Å². The van der Waals surface area contributed by atoms with Gasteiger partial charge in [-0.1, -0.05) is 0 Å². The first-order chi connectivity index (χ1) is 12.9. The van der Waals surface area contributed by atoms with Gasteiger partial charge in [-0.05, 0) is 34.1 Å². The van der Waals surface area contributed by atoms with Crippen LogP contribution in [0.25, 0.3) is 0 Å². The molecule has 0 bridgehead atoms. The monoisotopic (exact) mass is 396 g/mol. The molecule has 2 atom stereocenters. The molecule has 2 rings (SSSR count). The highest BCUT2D eigenvalue weighted by molar-refractivity contribution is 5.88. The highest BCUT2D eigenvalue weighted by atomic mass is 16.6.